The number of benzene rings is 1. The van der Waals surface area contributed by atoms with Gasteiger partial charge in [0.1, 0.15) is 5.69 Å². The molecule has 1 nitrogen and oxygen atoms in total. The first-order chi connectivity index (χ1) is 7.79. The Balaban J connectivity index is 2.83. The van der Waals surface area contributed by atoms with Crippen molar-refractivity contribution < 1.29 is 13.2 Å². The minimum absolute atomic E-state index is 0.0479. The van der Waals surface area contributed by atoms with E-state index in [1.165, 1.54) is 0 Å². The van der Waals surface area contributed by atoms with E-state index in [0.29, 0.717) is 9.86 Å². The molecule has 0 amide bonds. The lowest BCUT2D eigenvalue weighted by molar-refractivity contribution is -0.140. The zero-order valence-electron chi connectivity index (χ0n) is 8.57. The highest BCUT2D eigenvalue weighted by Crippen LogP contribution is 2.35. The van der Waals surface area contributed by atoms with Crippen LogP contribution in [0.1, 0.15) is 11.3 Å². The van der Waals surface area contributed by atoms with Gasteiger partial charge in [-0.15, -0.1) is 0 Å². The molecule has 90 valence electrons. The maximum Gasteiger partial charge on any atom is 0.433 e. The molecule has 0 aliphatic heterocycles. The van der Waals surface area contributed by atoms with Gasteiger partial charge < -0.3 is 0 Å². The Bertz CT molecular complexity index is 595. The molecule has 1 heterocycles. The Morgan fingerprint density at radius 1 is 1.24 bits per heavy atom. The van der Waals surface area contributed by atoms with Crippen LogP contribution in [0.3, 0.4) is 0 Å². The van der Waals surface area contributed by atoms with Crippen LogP contribution in [0.2, 0.25) is 5.02 Å². The number of nitrogens with zero attached hydrogens (tertiary/aromatic N) is 1. The van der Waals surface area contributed by atoms with Crippen LogP contribution in [-0.2, 0) is 6.18 Å². The third kappa shape index (κ3) is 2.40. The van der Waals surface area contributed by atoms with Crippen LogP contribution in [0, 0.1) is 6.92 Å². The smallest absolute Gasteiger partial charge is 0.242 e. The molecule has 0 radical (unpaired) electrons. The molecule has 0 saturated carbocycles. The molecule has 1 aromatic heterocycles. The second-order valence-corrected chi connectivity index (χ2v) is 4.89. The van der Waals surface area contributed by atoms with Crippen LogP contribution in [0.4, 0.5) is 13.2 Å². The summed E-state index contributed by atoms with van der Waals surface area (Å²) in [7, 11) is 0. The molecule has 17 heavy (non-hydrogen) atoms. The fraction of sp³-hybridized carbons (Fsp3) is 0.182. The molecule has 0 saturated heterocycles. The number of aryl methyl sites for hydroxylation is 1. The molecular formula is C11H6BrClF3N. The molecule has 1 aromatic carbocycles. The van der Waals surface area contributed by atoms with Crippen molar-refractivity contribution in [1.82, 2.24) is 4.98 Å². The van der Waals surface area contributed by atoms with Gasteiger partial charge in [0.05, 0.1) is 10.5 Å². The lowest BCUT2D eigenvalue weighted by Gasteiger charge is -2.10. The summed E-state index contributed by atoms with van der Waals surface area (Å²) >= 11 is 9.05. The summed E-state index contributed by atoms with van der Waals surface area (Å²) in [5.74, 6) is 0. The van der Waals surface area contributed by atoms with Crippen LogP contribution < -0.4 is 0 Å². The van der Waals surface area contributed by atoms with Gasteiger partial charge in [0, 0.05) is 9.86 Å². The summed E-state index contributed by atoms with van der Waals surface area (Å²) in [5, 5.41) is 0.554. The highest BCUT2D eigenvalue weighted by atomic mass is 79.9. The SMILES string of the molecule is Cc1cc(Br)c2nc(C(F)(F)F)cc(Cl)c2c1. The number of pyridine rings is 1. The van der Waals surface area contributed by atoms with E-state index in [4.69, 9.17) is 11.6 Å². The Morgan fingerprint density at radius 3 is 2.47 bits per heavy atom. The van der Waals surface area contributed by atoms with Gasteiger partial charge in [-0.05, 0) is 46.6 Å². The van der Waals surface area contributed by atoms with E-state index in [9.17, 15) is 13.2 Å². The van der Waals surface area contributed by atoms with Crippen LogP contribution >= 0.6 is 27.5 Å². The molecule has 0 N–H and O–H groups in total. The van der Waals surface area contributed by atoms with Crippen molar-refractivity contribution >= 4 is 38.4 Å². The number of fused-ring (bicyclic) bond motifs is 1. The Kier molecular flexibility index (Phi) is 3.08. The summed E-state index contributed by atoms with van der Waals surface area (Å²) in [6.45, 7) is 1.83. The van der Waals surface area contributed by atoms with E-state index in [2.05, 4.69) is 20.9 Å². The number of halogens is 5. The zero-order valence-corrected chi connectivity index (χ0v) is 10.9. The lowest BCUT2D eigenvalue weighted by atomic mass is 10.1. The van der Waals surface area contributed by atoms with E-state index in [0.717, 1.165) is 11.6 Å². The molecule has 0 unspecified atom stereocenters. The van der Waals surface area contributed by atoms with E-state index in [1.54, 1.807) is 12.1 Å². The van der Waals surface area contributed by atoms with Crippen LogP contribution in [0.25, 0.3) is 10.9 Å². The maximum absolute atomic E-state index is 12.6. The van der Waals surface area contributed by atoms with Crippen LogP contribution in [-0.4, -0.2) is 4.98 Å². The van der Waals surface area contributed by atoms with E-state index < -0.39 is 11.9 Å². The summed E-state index contributed by atoms with van der Waals surface area (Å²) in [6, 6.07) is 4.25. The van der Waals surface area contributed by atoms with E-state index in [-0.39, 0.29) is 10.5 Å². The van der Waals surface area contributed by atoms with Crippen molar-refractivity contribution in [1.29, 1.82) is 0 Å². The molecule has 2 aromatic rings. The van der Waals surface area contributed by atoms with Gasteiger partial charge in [-0.1, -0.05) is 11.6 Å². The molecule has 0 bridgehead atoms. The first-order valence-electron chi connectivity index (χ1n) is 4.62. The minimum Gasteiger partial charge on any atom is -0.242 e. The van der Waals surface area contributed by atoms with Crippen molar-refractivity contribution in [2.75, 3.05) is 0 Å². The Morgan fingerprint density at radius 2 is 1.88 bits per heavy atom. The second kappa shape index (κ2) is 4.14. The predicted octanol–water partition coefficient (Wildman–Crippen LogP) is 4.98. The standard InChI is InChI=1S/C11H6BrClF3N/c1-5-2-6-8(13)4-9(11(14,15)16)17-10(6)7(12)3-5/h2-4H,1H3. The monoisotopic (exact) mass is 323 g/mol. The van der Waals surface area contributed by atoms with Gasteiger partial charge in [-0.3, -0.25) is 0 Å². The maximum atomic E-state index is 12.6. The molecule has 0 spiro atoms. The largest absolute Gasteiger partial charge is 0.433 e. The van der Waals surface area contributed by atoms with Gasteiger partial charge in [0.25, 0.3) is 0 Å². The zero-order chi connectivity index (χ0) is 12.8. The molecule has 6 heteroatoms. The van der Waals surface area contributed by atoms with Gasteiger partial charge >= 0.3 is 6.18 Å². The average molecular weight is 325 g/mol. The van der Waals surface area contributed by atoms with E-state index in [1.807, 2.05) is 6.92 Å². The number of hydrogen-bond donors (Lipinski definition) is 0. The number of aromatic nitrogens is 1. The van der Waals surface area contributed by atoms with Gasteiger partial charge in [-0.2, -0.15) is 13.2 Å². The minimum atomic E-state index is -4.50. The quantitative estimate of drug-likeness (QED) is 0.666. The highest BCUT2D eigenvalue weighted by molar-refractivity contribution is 9.10. The summed E-state index contributed by atoms with van der Waals surface area (Å²) in [4.78, 5) is 3.59. The van der Waals surface area contributed by atoms with Crippen molar-refractivity contribution in [2.24, 2.45) is 0 Å². The first-order valence-corrected chi connectivity index (χ1v) is 5.80. The van der Waals surface area contributed by atoms with Crippen molar-refractivity contribution in [3.63, 3.8) is 0 Å². The van der Waals surface area contributed by atoms with Crippen LogP contribution in [0.15, 0.2) is 22.7 Å². The van der Waals surface area contributed by atoms with Gasteiger partial charge in [0.15, 0.2) is 0 Å². The molecule has 0 fully saturated rings. The van der Waals surface area contributed by atoms with Crippen molar-refractivity contribution in [3.05, 3.63) is 39.0 Å². The van der Waals surface area contributed by atoms with E-state index >= 15 is 0 Å². The normalized spacial score (nSPS) is 12.1. The lowest BCUT2D eigenvalue weighted by Crippen LogP contribution is -2.08. The number of hydrogen-bond acceptors (Lipinski definition) is 1. The van der Waals surface area contributed by atoms with Crippen molar-refractivity contribution in [3.8, 4) is 0 Å². The van der Waals surface area contributed by atoms with Gasteiger partial charge in [0.2, 0.25) is 0 Å². The average Bonchev–Trinajstić information content (AvgIpc) is 2.17. The topological polar surface area (TPSA) is 12.9 Å². The molecule has 0 aliphatic rings. The molecule has 0 aliphatic carbocycles. The molecule has 2 rings (SSSR count). The summed E-state index contributed by atoms with van der Waals surface area (Å²) in [5.41, 5.74) is 0.128. The van der Waals surface area contributed by atoms with Crippen molar-refractivity contribution in [2.45, 2.75) is 13.1 Å². The Hall–Kier alpha value is -0.810. The molecule has 0 atom stereocenters. The van der Waals surface area contributed by atoms with Gasteiger partial charge in [-0.25, -0.2) is 4.98 Å². The Labute approximate surface area is 109 Å². The first kappa shape index (κ1) is 12.6. The fourth-order valence-corrected chi connectivity index (χ4v) is 2.44. The molecular weight excluding hydrogens is 318 g/mol. The number of rotatable bonds is 0. The third-order valence-corrected chi connectivity index (χ3v) is 3.17. The summed E-state index contributed by atoms with van der Waals surface area (Å²) in [6.07, 6.45) is -4.50. The predicted molar refractivity (Wildman–Crippen MR) is 64.2 cm³/mol. The fourth-order valence-electron chi connectivity index (χ4n) is 1.53. The van der Waals surface area contributed by atoms with Crippen LogP contribution in [0.5, 0.6) is 0 Å². The second-order valence-electron chi connectivity index (χ2n) is 3.63. The summed E-state index contributed by atoms with van der Waals surface area (Å²) < 4.78 is 38.2. The highest BCUT2D eigenvalue weighted by Gasteiger charge is 2.33. The number of alkyl halides is 3. The third-order valence-electron chi connectivity index (χ3n) is 2.25.